The van der Waals surface area contributed by atoms with Gasteiger partial charge in [0.25, 0.3) is 0 Å². The molecule has 0 spiro atoms. The van der Waals surface area contributed by atoms with Crippen molar-refractivity contribution in [3.63, 3.8) is 0 Å². The van der Waals surface area contributed by atoms with Crippen molar-refractivity contribution in [1.82, 2.24) is 5.32 Å². The second-order valence-corrected chi connectivity index (χ2v) is 2.22. The van der Waals surface area contributed by atoms with E-state index in [1.165, 1.54) is 7.11 Å². The van der Waals surface area contributed by atoms with Gasteiger partial charge in [-0.2, -0.15) is 0 Å². The Hall–Kier alpha value is -0.570. The Balaban J connectivity index is 2.09. The summed E-state index contributed by atoms with van der Waals surface area (Å²) < 4.78 is 4.48. The fourth-order valence-electron chi connectivity index (χ4n) is 0.807. The third-order valence-corrected chi connectivity index (χ3v) is 1.57. The first-order chi connectivity index (χ1) is 4.33. The lowest BCUT2D eigenvalue weighted by atomic mass is 10.0. The Morgan fingerprint density at radius 3 is 2.89 bits per heavy atom. The normalized spacial score (nSPS) is 24.8. The van der Waals surface area contributed by atoms with Gasteiger partial charge in [0.2, 0.25) is 0 Å². The van der Waals surface area contributed by atoms with E-state index in [4.69, 9.17) is 0 Å². The molecule has 1 aliphatic rings. The zero-order valence-corrected chi connectivity index (χ0v) is 5.52. The lowest BCUT2D eigenvalue weighted by molar-refractivity contribution is -0.141. The van der Waals surface area contributed by atoms with Crippen molar-refractivity contribution in [1.29, 1.82) is 0 Å². The van der Waals surface area contributed by atoms with E-state index in [0.717, 1.165) is 13.0 Å². The molecule has 0 aromatic heterocycles. The third-order valence-electron chi connectivity index (χ3n) is 1.57. The molecule has 1 atom stereocenters. The number of nitrogens with one attached hydrogen (secondary N) is 1. The lowest BCUT2D eigenvalue weighted by Crippen LogP contribution is -2.44. The summed E-state index contributed by atoms with van der Waals surface area (Å²) in [5, 5.41) is 3.11. The summed E-state index contributed by atoms with van der Waals surface area (Å²) in [6.07, 6.45) is 1.63. The van der Waals surface area contributed by atoms with E-state index in [-0.39, 0.29) is 5.97 Å². The Morgan fingerprint density at radius 1 is 1.89 bits per heavy atom. The second kappa shape index (κ2) is 2.82. The summed E-state index contributed by atoms with van der Waals surface area (Å²) in [7, 11) is 1.42. The molecule has 0 bridgehead atoms. The van der Waals surface area contributed by atoms with Gasteiger partial charge in [-0.05, 0) is 13.0 Å². The fraction of sp³-hybridized carbons (Fsp3) is 0.833. The Kier molecular flexibility index (Phi) is 2.05. The Bertz CT molecular complexity index is 110. The highest BCUT2D eigenvalue weighted by atomic mass is 16.5. The number of hydrogen-bond acceptors (Lipinski definition) is 3. The first-order valence-electron chi connectivity index (χ1n) is 3.13. The predicted octanol–water partition coefficient (Wildman–Crippen LogP) is -0.0886. The van der Waals surface area contributed by atoms with Crippen LogP contribution in [-0.2, 0) is 9.53 Å². The molecule has 1 fully saturated rings. The van der Waals surface area contributed by atoms with Gasteiger partial charge in [-0.15, -0.1) is 0 Å². The molecule has 0 aromatic carbocycles. The first kappa shape index (κ1) is 6.55. The first-order valence-corrected chi connectivity index (χ1v) is 3.13. The van der Waals surface area contributed by atoms with Crippen LogP contribution in [0, 0.1) is 0 Å². The summed E-state index contributed by atoms with van der Waals surface area (Å²) in [6, 6.07) is 0.387. The maximum Gasteiger partial charge on any atom is 0.307 e. The SMILES string of the molecule is COC(=O)C[C@@H]1CCN1. The van der Waals surface area contributed by atoms with Crippen molar-refractivity contribution in [3.05, 3.63) is 0 Å². The molecule has 1 saturated heterocycles. The largest absolute Gasteiger partial charge is 0.469 e. The quantitative estimate of drug-likeness (QED) is 0.529. The topological polar surface area (TPSA) is 38.3 Å². The van der Waals surface area contributed by atoms with Crippen LogP contribution in [0.15, 0.2) is 0 Å². The second-order valence-electron chi connectivity index (χ2n) is 2.22. The molecule has 1 rings (SSSR count). The van der Waals surface area contributed by atoms with Gasteiger partial charge in [-0.1, -0.05) is 0 Å². The van der Waals surface area contributed by atoms with E-state index in [2.05, 4.69) is 10.1 Å². The molecule has 0 radical (unpaired) electrons. The molecule has 0 aromatic rings. The van der Waals surface area contributed by atoms with Gasteiger partial charge >= 0.3 is 5.97 Å². The number of rotatable bonds is 2. The predicted molar refractivity (Wildman–Crippen MR) is 33.0 cm³/mol. The van der Waals surface area contributed by atoms with E-state index in [1.807, 2.05) is 0 Å². The average Bonchev–Trinajstić information content (AvgIpc) is 1.78. The van der Waals surface area contributed by atoms with Crippen molar-refractivity contribution in [2.24, 2.45) is 0 Å². The van der Waals surface area contributed by atoms with E-state index in [0.29, 0.717) is 12.5 Å². The molecular weight excluding hydrogens is 118 g/mol. The number of ether oxygens (including phenoxy) is 1. The minimum atomic E-state index is -0.118. The molecule has 1 aliphatic heterocycles. The van der Waals surface area contributed by atoms with Crippen molar-refractivity contribution < 1.29 is 9.53 Å². The van der Waals surface area contributed by atoms with Crippen LogP contribution in [0.4, 0.5) is 0 Å². The van der Waals surface area contributed by atoms with Gasteiger partial charge in [-0.25, -0.2) is 0 Å². The average molecular weight is 129 g/mol. The van der Waals surface area contributed by atoms with Crippen LogP contribution in [0.1, 0.15) is 12.8 Å². The van der Waals surface area contributed by atoms with Crippen LogP contribution in [-0.4, -0.2) is 25.7 Å². The van der Waals surface area contributed by atoms with Gasteiger partial charge in [0.05, 0.1) is 13.5 Å². The van der Waals surface area contributed by atoms with Gasteiger partial charge in [0.15, 0.2) is 0 Å². The summed E-state index contributed by atoms with van der Waals surface area (Å²) in [4.78, 5) is 10.6. The maximum absolute atomic E-state index is 10.6. The van der Waals surface area contributed by atoms with Crippen LogP contribution < -0.4 is 5.32 Å². The number of methoxy groups -OCH3 is 1. The Labute approximate surface area is 54.4 Å². The van der Waals surface area contributed by atoms with Crippen LogP contribution in [0.5, 0.6) is 0 Å². The minimum absolute atomic E-state index is 0.118. The summed E-state index contributed by atoms with van der Waals surface area (Å²) in [6.45, 7) is 1.04. The Morgan fingerprint density at radius 2 is 2.56 bits per heavy atom. The molecule has 1 heterocycles. The van der Waals surface area contributed by atoms with Crippen LogP contribution in [0.3, 0.4) is 0 Å². The number of esters is 1. The summed E-state index contributed by atoms with van der Waals surface area (Å²) >= 11 is 0. The molecule has 0 unspecified atom stereocenters. The smallest absolute Gasteiger partial charge is 0.307 e. The molecular formula is C6H11NO2. The highest BCUT2D eigenvalue weighted by molar-refractivity contribution is 5.70. The highest BCUT2D eigenvalue weighted by Crippen LogP contribution is 2.06. The lowest BCUT2D eigenvalue weighted by Gasteiger charge is -2.26. The zero-order valence-electron chi connectivity index (χ0n) is 5.52. The fourth-order valence-corrected chi connectivity index (χ4v) is 0.807. The van der Waals surface area contributed by atoms with Gasteiger partial charge in [0, 0.05) is 6.04 Å². The molecule has 0 saturated carbocycles. The number of carbonyl (C=O) groups is 1. The molecule has 0 aliphatic carbocycles. The van der Waals surface area contributed by atoms with Crippen LogP contribution >= 0.6 is 0 Å². The zero-order chi connectivity index (χ0) is 6.69. The van der Waals surface area contributed by atoms with Crippen molar-refractivity contribution in [2.75, 3.05) is 13.7 Å². The van der Waals surface area contributed by atoms with E-state index in [1.54, 1.807) is 0 Å². The van der Waals surface area contributed by atoms with E-state index >= 15 is 0 Å². The third kappa shape index (κ3) is 1.68. The number of hydrogen-bond donors (Lipinski definition) is 1. The molecule has 3 nitrogen and oxygen atoms in total. The van der Waals surface area contributed by atoms with Crippen LogP contribution in [0.25, 0.3) is 0 Å². The van der Waals surface area contributed by atoms with Crippen molar-refractivity contribution in [3.8, 4) is 0 Å². The van der Waals surface area contributed by atoms with E-state index < -0.39 is 0 Å². The van der Waals surface area contributed by atoms with Gasteiger partial charge in [-0.3, -0.25) is 4.79 Å². The monoisotopic (exact) mass is 129 g/mol. The molecule has 3 heteroatoms. The molecule has 1 N–H and O–H groups in total. The van der Waals surface area contributed by atoms with Crippen molar-refractivity contribution in [2.45, 2.75) is 18.9 Å². The molecule has 52 valence electrons. The van der Waals surface area contributed by atoms with Gasteiger partial charge in [0.1, 0.15) is 0 Å². The van der Waals surface area contributed by atoms with E-state index in [9.17, 15) is 4.79 Å². The minimum Gasteiger partial charge on any atom is -0.469 e. The molecule has 0 amide bonds. The summed E-state index contributed by atoms with van der Waals surface area (Å²) in [5.74, 6) is -0.118. The number of carbonyl (C=O) groups excluding carboxylic acids is 1. The van der Waals surface area contributed by atoms with Gasteiger partial charge < -0.3 is 10.1 Å². The standard InChI is InChI=1S/C6H11NO2/c1-9-6(8)4-5-2-3-7-5/h5,7H,2-4H2,1H3/t5-/m0/s1. The molecule has 9 heavy (non-hydrogen) atoms. The maximum atomic E-state index is 10.6. The van der Waals surface area contributed by atoms with Crippen LogP contribution in [0.2, 0.25) is 0 Å². The van der Waals surface area contributed by atoms with Crippen molar-refractivity contribution >= 4 is 5.97 Å². The summed E-state index contributed by atoms with van der Waals surface area (Å²) in [5.41, 5.74) is 0. The highest BCUT2D eigenvalue weighted by Gasteiger charge is 2.19.